The second kappa shape index (κ2) is 5.43. The summed E-state index contributed by atoms with van der Waals surface area (Å²) in [5, 5.41) is 2.78. The molecular formula is C13H16N4O2. The van der Waals surface area contributed by atoms with Gasteiger partial charge in [-0.25, -0.2) is 4.98 Å². The van der Waals surface area contributed by atoms with Crippen molar-refractivity contribution in [3.8, 4) is 5.75 Å². The van der Waals surface area contributed by atoms with Gasteiger partial charge in [0.25, 0.3) is 5.91 Å². The Balaban J connectivity index is 2.14. The summed E-state index contributed by atoms with van der Waals surface area (Å²) >= 11 is 0. The highest BCUT2D eigenvalue weighted by Gasteiger charge is 2.15. The Morgan fingerprint density at radius 1 is 1.53 bits per heavy atom. The average Bonchev–Trinajstić information content (AvgIpc) is 2.81. The summed E-state index contributed by atoms with van der Waals surface area (Å²) in [7, 11) is 3.37. The van der Waals surface area contributed by atoms with Gasteiger partial charge >= 0.3 is 0 Å². The second-order valence-electron chi connectivity index (χ2n) is 4.06. The molecule has 1 amide bonds. The maximum absolute atomic E-state index is 12.1. The number of ether oxygens (including phenoxy) is 1. The number of methoxy groups -OCH3 is 1. The molecule has 0 spiro atoms. The fraction of sp³-hybridized carbons (Fsp3) is 0.231. The van der Waals surface area contributed by atoms with E-state index in [9.17, 15) is 4.79 Å². The van der Waals surface area contributed by atoms with Crippen molar-refractivity contribution >= 4 is 11.6 Å². The average molecular weight is 260 g/mol. The molecule has 3 N–H and O–H groups in total. The van der Waals surface area contributed by atoms with E-state index in [0.29, 0.717) is 23.5 Å². The van der Waals surface area contributed by atoms with Crippen molar-refractivity contribution < 1.29 is 9.53 Å². The van der Waals surface area contributed by atoms with Crippen molar-refractivity contribution in [1.29, 1.82) is 0 Å². The highest BCUT2D eigenvalue weighted by atomic mass is 16.5. The van der Waals surface area contributed by atoms with E-state index in [1.54, 1.807) is 24.4 Å². The molecule has 6 heteroatoms. The number of imidazole rings is 1. The Labute approximate surface area is 111 Å². The summed E-state index contributed by atoms with van der Waals surface area (Å²) in [4.78, 5) is 16.3. The highest BCUT2D eigenvalue weighted by Crippen LogP contribution is 2.23. The van der Waals surface area contributed by atoms with Crippen molar-refractivity contribution in [3.63, 3.8) is 0 Å². The van der Waals surface area contributed by atoms with Crippen molar-refractivity contribution in [2.45, 2.75) is 6.54 Å². The van der Waals surface area contributed by atoms with E-state index in [2.05, 4.69) is 10.3 Å². The molecular weight excluding hydrogens is 244 g/mol. The van der Waals surface area contributed by atoms with Crippen LogP contribution in [0.25, 0.3) is 0 Å². The van der Waals surface area contributed by atoms with Gasteiger partial charge in [0.1, 0.15) is 17.1 Å². The molecule has 0 saturated carbocycles. The van der Waals surface area contributed by atoms with Gasteiger partial charge in [-0.1, -0.05) is 6.07 Å². The van der Waals surface area contributed by atoms with Crippen molar-refractivity contribution in [3.05, 3.63) is 42.0 Å². The molecule has 0 aliphatic rings. The smallest absolute Gasteiger partial charge is 0.257 e. The molecule has 6 nitrogen and oxygen atoms in total. The first-order valence-electron chi connectivity index (χ1n) is 5.80. The van der Waals surface area contributed by atoms with Crippen molar-refractivity contribution in [2.24, 2.45) is 7.05 Å². The first-order chi connectivity index (χ1) is 9.13. The number of hydrogen-bond acceptors (Lipinski definition) is 4. The summed E-state index contributed by atoms with van der Waals surface area (Å²) in [5.41, 5.74) is 6.55. The van der Waals surface area contributed by atoms with Crippen LogP contribution in [0.5, 0.6) is 5.75 Å². The summed E-state index contributed by atoms with van der Waals surface area (Å²) in [6.45, 7) is 0.333. The van der Waals surface area contributed by atoms with Gasteiger partial charge in [0.15, 0.2) is 0 Å². The number of rotatable bonds is 4. The summed E-state index contributed by atoms with van der Waals surface area (Å²) in [6, 6.07) is 5.11. The quantitative estimate of drug-likeness (QED) is 0.801. The zero-order valence-electron chi connectivity index (χ0n) is 10.9. The van der Waals surface area contributed by atoms with Crippen LogP contribution in [0.1, 0.15) is 16.2 Å². The molecule has 2 aromatic rings. The number of benzene rings is 1. The van der Waals surface area contributed by atoms with Crippen LogP contribution in [0.15, 0.2) is 30.6 Å². The first-order valence-corrected chi connectivity index (χ1v) is 5.80. The third-order valence-corrected chi connectivity index (χ3v) is 2.83. The van der Waals surface area contributed by atoms with Crippen LogP contribution in [0.2, 0.25) is 0 Å². The minimum Gasteiger partial charge on any atom is -0.496 e. The predicted molar refractivity (Wildman–Crippen MR) is 71.8 cm³/mol. The van der Waals surface area contributed by atoms with Gasteiger partial charge in [0, 0.05) is 25.1 Å². The van der Waals surface area contributed by atoms with E-state index in [4.69, 9.17) is 10.5 Å². The lowest BCUT2D eigenvalue weighted by Crippen LogP contribution is -2.25. The van der Waals surface area contributed by atoms with Gasteiger partial charge < -0.3 is 20.4 Å². The number of nitrogens with one attached hydrogen (secondary N) is 1. The third-order valence-electron chi connectivity index (χ3n) is 2.83. The Morgan fingerprint density at radius 3 is 2.95 bits per heavy atom. The molecule has 1 heterocycles. The maximum atomic E-state index is 12.1. The summed E-state index contributed by atoms with van der Waals surface area (Å²) in [5.74, 6) is 0.942. The lowest BCUT2D eigenvalue weighted by Gasteiger charge is -2.11. The topological polar surface area (TPSA) is 82.2 Å². The van der Waals surface area contributed by atoms with Crippen LogP contribution in [0, 0.1) is 0 Å². The van der Waals surface area contributed by atoms with Gasteiger partial charge in [0.05, 0.1) is 13.7 Å². The highest BCUT2D eigenvalue weighted by molar-refractivity contribution is 6.01. The Hall–Kier alpha value is -2.50. The number of hydrogen-bond donors (Lipinski definition) is 2. The number of anilines is 1. The fourth-order valence-electron chi connectivity index (χ4n) is 1.78. The standard InChI is InChI=1S/C13H16N4O2/c1-17-7-6-15-11(17)8-16-13(18)12-9(14)4-3-5-10(12)19-2/h3-7H,8,14H2,1-2H3,(H,16,18). The minimum atomic E-state index is -0.280. The normalized spacial score (nSPS) is 10.2. The van der Waals surface area contributed by atoms with Crippen molar-refractivity contribution in [1.82, 2.24) is 14.9 Å². The molecule has 0 fully saturated rings. The lowest BCUT2D eigenvalue weighted by molar-refractivity contribution is 0.0947. The molecule has 1 aromatic heterocycles. The number of nitrogens with two attached hydrogens (primary N) is 1. The number of nitrogens with zero attached hydrogens (tertiary/aromatic N) is 2. The largest absolute Gasteiger partial charge is 0.496 e. The zero-order valence-corrected chi connectivity index (χ0v) is 10.9. The molecule has 0 aliphatic carbocycles. The first kappa shape index (κ1) is 12.9. The SMILES string of the molecule is COc1cccc(N)c1C(=O)NCc1nccn1C. The van der Waals surface area contributed by atoms with E-state index < -0.39 is 0 Å². The molecule has 100 valence electrons. The van der Waals surface area contributed by atoms with E-state index in [-0.39, 0.29) is 5.91 Å². The number of carbonyl (C=O) groups is 1. The van der Waals surface area contributed by atoms with Gasteiger partial charge in [-0.3, -0.25) is 4.79 Å². The molecule has 0 unspecified atom stereocenters. The number of carbonyl (C=O) groups excluding carboxylic acids is 1. The number of aryl methyl sites for hydroxylation is 1. The van der Waals surface area contributed by atoms with E-state index in [1.165, 1.54) is 7.11 Å². The molecule has 0 radical (unpaired) electrons. The maximum Gasteiger partial charge on any atom is 0.257 e. The summed E-state index contributed by atoms with van der Waals surface area (Å²) < 4.78 is 6.99. The lowest BCUT2D eigenvalue weighted by atomic mass is 10.1. The molecule has 1 aromatic carbocycles. The summed E-state index contributed by atoms with van der Waals surface area (Å²) in [6.07, 6.45) is 3.50. The van der Waals surface area contributed by atoms with E-state index >= 15 is 0 Å². The van der Waals surface area contributed by atoms with Gasteiger partial charge in [0.2, 0.25) is 0 Å². The van der Waals surface area contributed by atoms with Gasteiger partial charge in [-0.2, -0.15) is 0 Å². The van der Waals surface area contributed by atoms with Gasteiger partial charge in [-0.05, 0) is 12.1 Å². The zero-order chi connectivity index (χ0) is 13.8. The van der Waals surface area contributed by atoms with Crippen LogP contribution in [-0.2, 0) is 13.6 Å². The van der Waals surface area contributed by atoms with Gasteiger partial charge in [-0.15, -0.1) is 0 Å². The Bertz CT molecular complexity index is 592. The van der Waals surface area contributed by atoms with E-state index in [1.807, 2.05) is 17.8 Å². The van der Waals surface area contributed by atoms with Crippen LogP contribution < -0.4 is 15.8 Å². The third kappa shape index (κ3) is 2.67. The second-order valence-corrected chi connectivity index (χ2v) is 4.06. The van der Waals surface area contributed by atoms with Crippen LogP contribution >= 0.6 is 0 Å². The van der Waals surface area contributed by atoms with Crippen LogP contribution in [0.4, 0.5) is 5.69 Å². The van der Waals surface area contributed by atoms with E-state index in [0.717, 1.165) is 5.82 Å². The molecule has 19 heavy (non-hydrogen) atoms. The minimum absolute atomic E-state index is 0.280. The number of amides is 1. The number of aromatic nitrogens is 2. The molecule has 0 bridgehead atoms. The fourth-order valence-corrected chi connectivity index (χ4v) is 1.78. The van der Waals surface area contributed by atoms with Crippen LogP contribution in [-0.4, -0.2) is 22.6 Å². The Morgan fingerprint density at radius 2 is 2.32 bits per heavy atom. The molecule has 0 aliphatic heterocycles. The molecule has 0 saturated heterocycles. The monoisotopic (exact) mass is 260 g/mol. The van der Waals surface area contributed by atoms with Crippen molar-refractivity contribution in [2.75, 3.05) is 12.8 Å². The predicted octanol–water partition coefficient (Wildman–Crippen LogP) is 0.941. The Kier molecular flexibility index (Phi) is 3.70. The molecule has 2 rings (SSSR count). The number of nitrogen functional groups attached to an aromatic ring is 1. The van der Waals surface area contributed by atoms with Crippen LogP contribution in [0.3, 0.4) is 0 Å². The molecule has 0 atom stereocenters.